The Morgan fingerprint density at radius 2 is 1.81 bits per heavy atom. The molecular weight excluding hydrogens is 204 g/mol. The first-order chi connectivity index (χ1) is 7.63. The Kier molecular flexibility index (Phi) is 3.53. The standard InChI is InChI=1S/C10H16O.C3H6O2/c11-10-5-6-4-9(10)8-3-1-2-7(6)8;1-2-3(4)5/h6-11H,1-5H2;2H2,1H3,(H,4,5). The molecule has 0 radical (unpaired) electrons. The van der Waals surface area contributed by atoms with Crippen molar-refractivity contribution in [2.75, 3.05) is 0 Å². The van der Waals surface area contributed by atoms with E-state index in [4.69, 9.17) is 5.11 Å². The lowest BCUT2D eigenvalue weighted by atomic mass is 9.80. The summed E-state index contributed by atoms with van der Waals surface area (Å²) in [4.78, 5) is 9.37. The highest BCUT2D eigenvalue weighted by molar-refractivity contribution is 5.66. The Morgan fingerprint density at radius 1 is 1.19 bits per heavy atom. The summed E-state index contributed by atoms with van der Waals surface area (Å²) in [6, 6.07) is 0. The van der Waals surface area contributed by atoms with Crippen LogP contribution in [0.4, 0.5) is 0 Å². The van der Waals surface area contributed by atoms with Gasteiger partial charge in [-0.3, -0.25) is 4.79 Å². The summed E-state index contributed by atoms with van der Waals surface area (Å²) < 4.78 is 0. The van der Waals surface area contributed by atoms with Gasteiger partial charge < -0.3 is 10.2 Å². The van der Waals surface area contributed by atoms with Gasteiger partial charge in [0.15, 0.2) is 0 Å². The summed E-state index contributed by atoms with van der Waals surface area (Å²) in [7, 11) is 0. The molecule has 5 unspecified atom stereocenters. The molecule has 0 aromatic carbocycles. The minimum Gasteiger partial charge on any atom is -0.481 e. The molecule has 5 atom stereocenters. The first kappa shape index (κ1) is 11.9. The first-order valence-electron chi connectivity index (χ1n) is 6.53. The van der Waals surface area contributed by atoms with Crippen LogP contribution >= 0.6 is 0 Å². The van der Waals surface area contributed by atoms with Crippen LogP contribution in [0, 0.1) is 23.7 Å². The summed E-state index contributed by atoms with van der Waals surface area (Å²) >= 11 is 0. The van der Waals surface area contributed by atoms with Gasteiger partial charge in [0, 0.05) is 6.42 Å². The van der Waals surface area contributed by atoms with E-state index < -0.39 is 5.97 Å². The van der Waals surface area contributed by atoms with Crippen LogP contribution in [0.1, 0.15) is 45.4 Å². The average molecular weight is 226 g/mol. The van der Waals surface area contributed by atoms with E-state index >= 15 is 0 Å². The van der Waals surface area contributed by atoms with E-state index in [2.05, 4.69) is 0 Å². The third-order valence-corrected chi connectivity index (χ3v) is 4.70. The van der Waals surface area contributed by atoms with E-state index in [1.807, 2.05) is 0 Å². The number of fused-ring (bicyclic) bond motifs is 5. The number of aliphatic carboxylic acids is 1. The van der Waals surface area contributed by atoms with E-state index in [1.54, 1.807) is 6.92 Å². The smallest absolute Gasteiger partial charge is 0.303 e. The maximum atomic E-state index is 9.67. The van der Waals surface area contributed by atoms with Gasteiger partial charge in [0.05, 0.1) is 6.10 Å². The Morgan fingerprint density at radius 3 is 2.44 bits per heavy atom. The molecular formula is C13H22O3. The number of aliphatic hydroxyl groups excluding tert-OH is 1. The van der Waals surface area contributed by atoms with Crippen molar-refractivity contribution in [3.63, 3.8) is 0 Å². The fraction of sp³-hybridized carbons (Fsp3) is 0.923. The molecule has 3 saturated carbocycles. The van der Waals surface area contributed by atoms with E-state index in [0.29, 0.717) is 5.92 Å². The van der Waals surface area contributed by atoms with E-state index in [0.717, 1.165) is 24.2 Å². The summed E-state index contributed by atoms with van der Waals surface area (Å²) in [5.41, 5.74) is 0. The van der Waals surface area contributed by atoms with E-state index in [-0.39, 0.29) is 12.5 Å². The summed E-state index contributed by atoms with van der Waals surface area (Å²) in [5.74, 6) is 2.85. The molecule has 0 aromatic rings. The molecule has 3 rings (SSSR count). The van der Waals surface area contributed by atoms with Crippen LogP contribution in [-0.4, -0.2) is 22.3 Å². The molecule has 2 bridgehead atoms. The highest BCUT2D eigenvalue weighted by Crippen LogP contribution is 2.58. The molecule has 0 aromatic heterocycles. The zero-order chi connectivity index (χ0) is 11.7. The predicted molar refractivity (Wildman–Crippen MR) is 61.0 cm³/mol. The van der Waals surface area contributed by atoms with Gasteiger partial charge in [-0.25, -0.2) is 0 Å². The highest BCUT2D eigenvalue weighted by atomic mass is 16.4. The van der Waals surface area contributed by atoms with Crippen molar-refractivity contribution in [1.29, 1.82) is 0 Å². The molecule has 3 nitrogen and oxygen atoms in total. The number of carbonyl (C=O) groups is 1. The monoisotopic (exact) mass is 226 g/mol. The summed E-state index contributed by atoms with van der Waals surface area (Å²) in [6.07, 6.45) is 7.12. The Balaban J connectivity index is 0.000000168. The van der Waals surface area contributed by atoms with Gasteiger partial charge in [-0.05, 0) is 49.4 Å². The van der Waals surface area contributed by atoms with Crippen LogP contribution in [0.3, 0.4) is 0 Å². The van der Waals surface area contributed by atoms with Crippen molar-refractivity contribution in [2.24, 2.45) is 23.7 Å². The second-order valence-electron chi connectivity index (χ2n) is 5.47. The van der Waals surface area contributed by atoms with Crippen molar-refractivity contribution in [3.05, 3.63) is 0 Å². The molecule has 3 heteroatoms. The van der Waals surface area contributed by atoms with Gasteiger partial charge in [-0.15, -0.1) is 0 Å². The molecule has 0 heterocycles. The maximum Gasteiger partial charge on any atom is 0.303 e. The molecule has 0 aliphatic heterocycles. The molecule has 0 saturated heterocycles. The van der Waals surface area contributed by atoms with Crippen LogP contribution in [0.25, 0.3) is 0 Å². The van der Waals surface area contributed by atoms with Gasteiger partial charge in [0.25, 0.3) is 0 Å². The number of carboxylic acid groups (broad SMARTS) is 1. The van der Waals surface area contributed by atoms with Crippen LogP contribution in [0.15, 0.2) is 0 Å². The van der Waals surface area contributed by atoms with Gasteiger partial charge in [-0.2, -0.15) is 0 Å². The van der Waals surface area contributed by atoms with Crippen molar-refractivity contribution >= 4 is 5.97 Å². The lowest BCUT2D eigenvalue weighted by molar-refractivity contribution is -0.136. The van der Waals surface area contributed by atoms with Crippen molar-refractivity contribution in [2.45, 2.75) is 51.6 Å². The predicted octanol–water partition coefficient (Wildman–Crippen LogP) is 2.28. The quantitative estimate of drug-likeness (QED) is 0.721. The molecule has 3 aliphatic rings. The largest absolute Gasteiger partial charge is 0.481 e. The molecule has 0 spiro atoms. The summed E-state index contributed by atoms with van der Waals surface area (Å²) in [5, 5.41) is 17.4. The topological polar surface area (TPSA) is 57.5 Å². The van der Waals surface area contributed by atoms with Gasteiger partial charge >= 0.3 is 5.97 Å². The van der Waals surface area contributed by atoms with Crippen LogP contribution in [0.2, 0.25) is 0 Å². The second-order valence-corrected chi connectivity index (χ2v) is 5.47. The third kappa shape index (κ3) is 2.10. The molecule has 92 valence electrons. The SMILES string of the molecule is CCC(=O)O.OC1CC2CC1C1CCCC21. The Hall–Kier alpha value is -0.570. The van der Waals surface area contributed by atoms with Crippen LogP contribution in [-0.2, 0) is 4.79 Å². The average Bonchev–Trinajstić information content (AvgIpc) is 2.88. The van der Waals surface area contributed by atoms with Crippen LogP contribution < -0.4 is 0 Å². The highest BCUT2D eigenvalue weighted by Gasteiger charge is 2.53. The number of rotatable bonds is 1. The molecule has 0 amide bonds. The van der Waals surface area contributed by atoms with E-state index in [1.165, 1.54) is 25.7 Å². The van der Waals surface area contributed by atoms with E-state index in [9.17, 15) is 9.90 Å². The van der Waals surface area contributed by atoms with Gasteiger partial charge in [0.2, 0.25) is 0 Å². The minimum atomic E-state index is -0.745. The maximum absolute atomic E-state index is 9.67. The van der Waals surface area contributed by atoms with Crippen molar-refractivity contribution in [3.8, 4) is 0 Å². The van der Waals surface area contributed by atoms with Gasteiger partial charge in [0.1, 0.15) is 0 Å². The number of hydrogen-bond donors (Lipinski definition) is 2. The molecule has 16 heavy (non-hydrogen) atoms. The first-order valence-corrected chi connectivity index (χ1v) is 6.53. The van der Waals surface area contributed by atoms with Gasteiger partial charge in [-0.1, -0.05) is 13.3 Å². The molecule has 3 aliphatic carbocycles. The number of carboxylic acids is 1. The normalized spacial score (nSPS) is 43.8. The zero-order valence-corrected chi connectivity index (χ0v) is 9.93. The molecule has 3 fully saturated rings. The lowest BCUT2D eigenvalue weighted by Crippen LogP contribution is -2.27. The van der Waals surface area contributed by atoms with Crippen molar-refractivity contribution < 1.29 is 15.0 Å². The Bertz CT molecular complexity index is 264. The second kappa shape index (κ2) is 4.74. The lowest BCUT2D eigenvalue weighted by Gasteiger charge is -2.28. The summed E-state index contributed by atoms with van der Waals surface area (Å²) in [6.45, 7) is 1.60. The number of hydrogen-bond acceptors (Lipinski definition) is 2. The van der Waals surface area contributed by atoms with Crippen LogP contribution in [0.5, 0.6) is 0 Å². The number of aliphatic hydroxyl groups is 1. The fourth-order valence-corrected chi connectivity index (χ4v) is 4.03. The Labute approximate surface area is 96.9 Å². The van der Waals surface area contributed by atoms with Crippen molar-refractivity contribution in [1.82, 2.24) is 0 Å². The zero-order valence-electron chi connectivity index (χ0n) is 9.93. The minimum absolute atomic E-state index is 0.0827. The third-order valence-electron chi connectivity index (χ3n) is 4.70. The fourth-order valence-electron chi connectivity index (χ4n) is 4.03. The molecule has 2 N–H and O–H groups in total.